The molecule has 0 bridgehead atoms. The average Bonchev–Trinajstić information content (AvgIpc) is 2.51. The fourth-order valence-electron chi connectivity index (χ4n) is 0.597. The molecule has 5 nitrogen and oxygen atoms in total. The van der Waals surface area contributed by atoms with Crippen LogP contribution in [0.1, 0.15) is 11.5 Å². The molecule has 0 saturated heterocycles. The molecule has 0 amide bonds. The van der Waals surface area contributed by atoms with Gasteiger partial charge < -0.3 is 4.52 Å². The van der Waals surface area contributed by atoms with Crippen LogP contribution in [0.15, 0.2) is 15.7 Å². The van der Waals surface area contributed by atoms with E-state index in [0.29, 0.717) is 5.69 Å². The summed E-state index contributed by atoms with van der Waals surface area (Å²) in [5.74, 6) is 0.725. The molecule has 0 saturated carbocycles. The average molecular weight is 164 g/mol. The van der Waals surface area contributed by atoms with Gasteiger partial charge in [0.2, 0.25) is 0 Å². The molecule has 0 N–H and O–H groups in total. The molecule has 0 unspecified atom stereocenters. The minimum Gasteiger partial charge on any atom is -0.361 e. The lowest BCUT2D eigenvalue weighted by molar-refractivity contribution is 0.391. The third-order valence-corrected chi connectivity index (χ3v) is 0.973. The highest BCUT2D eigenvalue weighted by Gasteiger charge is 1.95. The summed E-state index contributed by atoms with van der Waals surface area (Å²) >= 11 is 0. The Morgan fingerprint density at radius 1 is 1.75 bits per heavy atom. The second kappa shape index (κ2) is 5.83. The van der Waals surface area contributed by atoms with E-state index in [-0.39, 0.29) is 6.54 Å². The van der Waals surface area contributed by atoms with Crippen LogP contribution in [0, 0.1) is 19.8 Å². The maximum atomic E-state index is 7.93. The van der Waals surface area contributed by atoms with E-state index in [2.05, 4.69) is 28.0 Å². The van der Waals surface area contributed by atoms with Crippen LogP contribution < -0.4 is 0 Å². The number of terminal acetylenes is 1. The zero-order valence-corrected chi connectivity index (χ0v) is 6.64. The number of azide groups is 1. The van der Waals surface area contributed by atoms with Gasteiger partial charge in [-0.2, -0.15) is 0 Å². The molecule has 0 radical (unpaired) electrons. The van der Waals surface area contributed by atoms with Crippen molar-refractivity contribution in [3.63, 3.8) is 0 Å². The Morgan fingerprint density at radius 2 is 2.42 bits per heavy atom. The second-order valence-corrected chi connectivity index (χ2v) is 1.82. The van der Waals surface area contributed by atoms with Crippen molar-refractivity contribution < 1.29 is 4.52 Å². The Morgan fingerprint density at radius 3 is 2.83 bits per heavy atom. The zero-order valence-electron chi connectivity index (χ0n) is 6.64. The summed E-state index contributed by atoms with van der Waals surface area (Å²) in [4.78, 5) is 2.58. The van der Waals surface area contributed by atoms with Crippen molar-refractivity contribution in [1.82, 2.24) is 5.16 Å². The highest BCUT2D eigenvalue weighted by Crippen LogP contribution is 2.02. The van der Waals surface area contributed by atoms with Gasteiger partial charge in [-0.05, 0) is 12.5 Å². The predicted octanol–water partition coefficient (Wildman–Crippen LogP) is 2.04. The molecular formula is C7H8N4O. The molecule has 62 valence electrons. The summed E-state index contributed by atoms with van der Waals surface area (Å²) in [7, 11) is 0. The fraction of sp³-hybridized carbons (Fsp3) is 0.286. The van der Waals surface area contributed by atoms with E-state index in [4.69, 9.17) is 10.1 Å². The minimum absolute atomic E-state index is 0.258. The number of aromatic nitrogens is 1. The van der Waals surface area contributed by atoms with Crippen molar-refractivity contribution >= 4 is 0 Å². The molecule has 0 aliphatic heterocycles. The molecule has 1 rings (SSSR count). The van der Waals surface area contributed by atoms with Gasteiger partial charge >= 0.3 is 0 Å². The molecule has 0 fully saturated rings. The molecule has 0 aromatic carbocycles. The van der Waals surface area contributed by atoms with Gasteiger partial charge in [0.05, 0.1) is 12.2 Å². The summed E-state index contributed by atoms with van der Waals surface area (Å²) in [5, 5.41) is 6.93. The molecule has 0 aliphatic carbocycles. The highest BCUT2D eigenvalue weighted by molar-refractivity contribution is 5.02. The normalized spacial score (nSPS) is 7.58. The lowest BCUT2D eigenvalue weighted by Crippen LogP contribution is -1.75. The molecule has 1 heterocycles. The van der Waals surface area contributed by atoms with Crippen molar-refractivity contribution in [1.29, 1.82) is 0 Å². The standard InChI is InChI=1S/C5H6N4O.C2H2/c1-4-2-5(8-10-4)3-7-9-6;1-2/h2H,3H2,1H3;1-2H. The molecule has 0 atom stereocenters. The molecule has 12 heavy (non-hydrogen) atoms. The first kappa shape index (κ1) is 10.1. The van der Waals surface area contributed by atoms with Gasteiger partial charge in [-0.1, -0.05) is 10.3 Å². The van der Waals surface area contributed by atoms with Crippen LogP contribution in [-0.4, -0.2) is 5.16 Å². The predicted molar refractivity (Wildman–Crippen MR) is 44.0 cm³/mol. The van der Waals surface area contributed by atoms with Crippen LogP contribution >= 0.6 is 0 Å². The van der Waals surface area contributed by atoms with Crippen LogP contribution in [0.2, 0.25) is 0 Å². The van der Waals surface area contributed by atoms with Crippen molar-refractivity contribution in [2.24, 2.45) is 5.11 Å². The SMILES string of the molecule is C#C.Cc1cc(CN=[N+]=[N-])no1. The van der Waals surface area contributed by atoms with E-state index in [0.717, 1.165) is 5.76 Å². The van der Waals surface area contributed by atoms with Gasteiger partial charge in [0, 0.05) is 11.0 Å². The first-order valence-electron chi connectivity index (χ1n) is 3.09. The number of nitrogens with zero attached hydrogens (tertiary/aromatic N) is 4. The van der Waals surface area contributed by atoms with Crippen molar-refractivity contribution in [3.8, 4) is 12.8 Å². The third-order valence-electron chi connectivity index (χ3n) is 0.973. The van der Waals surface area contributed by atoms with E-state index in [9.17, 15) is 0 Å². The first-order valence-corrected chi connectivity index (χ1v) is 3.09. The van der Waals surface area contributed by atoms with Crippen LogP contribution in [0.3, 0.4) is 0 Å². The Bertz CT molecular complexity index is 295. The van der Waals surface area contributed by atoms with Gasteiger partial charge in [-0.15, -0.1) is 12.8 Å². The second-order valence-electron chi connectivity index (χ2n) is 1.82. The molecule has 0 aliphatic rings. The lowest BCUT2D eigenvalue weighted by Gasteiger charge is -1.76. The van der Waals surface area contributed by atoms with Crippen LogP contribution in [-0.2, 0) is 6.54 Å². The smallest absolute Gasteiger partial charge is 0.133 e. The number of rotatable bonds is 2. The van der Waals surface area contributed by atoms with Crippen LogP contribution in [0.5, 0.6) is 0 Å². The van der Waals surface area contributed by atoms with E-state index in [1.165, 1.54) is 0 Å². The zero-order chi connectivity index (χ0) is 9.40. The van der Waals surface area contributed by atoms with E-state index < -0.39 is 0 Å². The summed E-state index contributed by atoms with van der Waals surface area (Å²) in [6, 6.07) is 1.73. The Balaban J connectivity index is 0.000000561. The number of hydrogen-bond donors (Lipinski definition) is 0. The summed E-state index contributed by atoms with van der Waals surface area (Å²) in [6.45, 7) is 2.04. The highest BCUT2D eigenvalue weighted by atomic mass is 16.5. The monoisotopic (exact) mass is 164 g/mol. The summed E-state index contributed by atoms with van der Waals surface area (Å²) < 4.78 is 4.73. The maximum Gasteiger partial charge on any atom is 0.133 e. The minimum atomic E-state index is 0.258. The largest absolute Gasteiger partial charge is 0.361 e. The Hall–Kier alpha value is -1.92. The topological polar surface area (TPSA) is 74.8 Å². The molecule has 0 spiro atoms. The van der Waals surface area contributed by atoms with E-state index in [1.54, 1.807) is 13.0 Å². The first-order chi connectivity index (χ1) is 5.83. The van der Waals surface area contributed by atoms with E-state index >= 15 is 0 Å². The van der Waals surface area contributed by atoms with Gasteiger partial charge in [0.1, 0.15) is 5.76 Å². The van der Waals surface area contributed by atoms with Crippen molar-refractivity contribution in [2.45, 2.75) is 13.5 Å². The Labute approximate surface area is 70.0 Å². The molecule has 1 aromatic rings. The van der Waals surface area contributed by atoms with Crippen LogP contribution in [0.4, 0.5) is 0 Å². The number of aryl methyl sites for hydroxylation is 1. The molecule has 5 heteroatoms. The summed E-state index contributed by atoms with van der Waals surface area (Å²) in [5.41, 5.74) is 8.60. The quantitative estimate of drug-likeness (QED) is 0.290. The van der Waals surface area contributed by atoms with Gasteiger partial charge in [0.25, 0.3) is 0 Å². The lowest BCUT2D eigenvalue weighted by atomic mass is 10.4. The summed E-state index contributed by atoms with van der Waals surface area (Å²) in [6.07, 6.45) is 8.00. The van der Waals surface area contributed by atoms with Gasteiger partial charge in [0.15, 0.2) is 0 Å². The Kier molecular flexibility index (Phi) is 4.90. The van der Waals surface area contributed by atoms with Crippen LogP contribution in [0.25, 0.3) is 10.4 Å². The van der Waals surface area contributed by atoms with Gasteiger partial charge in [-0.25, -0.2) is 0 Å². The van der Waals surface area contributed by atoms with Crippen molar-refractivity contribution in [3.05, 3.63) is 28.0 Å². The van der Waals surface area contributed by atoms with E-state index in [1.807, 2.05) is 0 Å². The van der Waals surface area contributed by atoms with Gasteiger partial charge in [-0.3, -0.25) is 0 Å². The molecule has 1 aromatic heterocycles. The van der Waals surface area contributed by atoms with Crippen molar-refractivity contribution in [2.75, 3.05) is 0 Å². The number of hydrogen-bond acceptors (Lipinski definition) is 3. The third kappa shape index (κ3) is 3.30. The maximum absolute atomic E-state index is 7.93. The molecular weight excluding hydrogens is 156 g/mol. The fourth-order valence-corrected chi connectivity index (χ4v) is 0.597.